The summed E-state index contributed by atoms with van der Waals surface area (Å²) < 4.78 is 11.1. The normalized spacial score (nSPS) is 29.4. The van der Waals surface area contributed by atoms with Gasteiger partial charge in [-0.3, -0.25) is 4.79 Å². The Kier molecular flexibility index (Phi) is 4.30. The van der Waals surface area contributed by atoms with Crippen LogP contribution in [0.15, 0.2) is 0 Å². The van der Waals surface area contributed by atoms with Crippen LogP contribution in [0.1, 0.15) is 34.1 Å². The van der Waals surface area contributed by atoms with Crippen molar-refractivity contribution in [2.75, 3.05) is 13.7 Å². The number of esters is 1. The summed E-state index contributed by atoms with van der Waals surface area (Å²) in [5, 5.41) is 4.59. The summed E-state index contributed by atoms with van der Waals surface area (Å²) in [6.45, 7) is 13.5. The second-order valence-electron chi connectivity index (χ2n) is 6.81. The van der Waals surface area contributed by atoms with Crippen molar-refractivity contribution in [3.8, 4) is 0 Å². The fourth-order valence-electron chi connectivity index (χ4n) is 1.92. The summed E-state index contributed by atoms with van der Waals surface area (Å²) in [7, 11) is -0.382. The molecule has 2 atom stereocenters. The molecule has 1 saturated heterocycles. The maximum absolute atomic E-state index is 11.7. The molecule has 1 aliphatic rings. The summed E-state index contributed by atoms with van der Waals surface area (Å²) in [6.07, 6.45) is 0.682. The lowest BCUT2D eigenvalue weighted by atomic mass is 10.00. The molecule has 1 fully saturated rings. The van der Waals surface area contributed by atoms with E-state index in [1.165, 1.54) is 7.11 Å². The maximum Gasteiger partial charge on any atom is 0.290 e. The summed E-state index contributed by atoms with van der Waals surface area (Å²) in [5.74, 6) is -0.260. The van der Waals surface area contributed by atoms with Gasteiger partial charge in [-0.05, 0) is 30.1 Å². The van der Waals surface area contributed by atoms with Crippen molar-refractivity contribution in [2.45, 2.75) is 63.9 Å². The van der Waals surface area contributed by atoms with Crippen LogP contribution < -0.4 is 0 Å². The zero-order valence-corrected chi connectivity index (χ0v) is 13.7. The molecule has 5 heteroatoms. The van der Waals surface area contributed by atoms with Gasteiger partial charge in [0.25, 0.3) is 5.97 Å². The molecule has 0 aliphatic carbocycles. The third kappa shape index (κ3) is 3.13. The Hall–Kier alpha value is -0.393. The Morgan fingerprint density at radius 2 is 1.94 bits per heavy atom. The number of hydrogen-bond acceptors (Lipinski definition) is 3. The van der Waals surface area contributed by atoms with E-state index in [-0.39, 0.29) is 17.1 Å². The zero-order valence-electron chi connectivity index (χ0n) is 12.7. The highest BCUT2D eigenvalue weighted by Gasteiger charge is 2.41. The molecule has 0 saturated carbocycles. The molecular weight excluding hydrogens is 246 g/mol. The van der Waals surface area contributed by atoms with Gasteiger partial charge in [0.05, 0.1) is 7.11 Å². The second kappa shape index (κ2) is 4.94. The van der Waals surface area contributed by atoms with Gasteiger partial charge in [-0.25, -0.2) is 0 Å². The van der Waals surface area contributed by atoms with Crippen LogP contribution in [0, 0.1) is 0 Å². The molecule has 0 aromatic heterocycles. The molecule has 0 spiro atoms. The predicted molar refractivity (Wildman–Crippen MR) is 75.3 cm³/mol. The Morgan fingerprint density at radius 1 is 1.39 bits per heavy atom. The van der Waals surface area contributed by atoms with Crippen LogP contribution in [0.2, 0.25) is 18.1 Å². The molecule has 1 aliphatic heterocycles. The maximum atomic E-state index is 11.7. The van der Waals surface area contributed by atoms with Gasteiger partial charge in [0, 0.05) is 6.10 Å². The van der Waals surface area contributed by atoms with Gasteiger partial charge in [0.15, 0.2) is 8.32 Å². The first-order valence-electron chi connectivity index (χ1n) is 6.47. The smallest absolute Gasteiger partial charge is 0.290 e. The predicted octanol–water partition coefficient (Wildman–Crippen LogP) is 3.09. The highest BCUT2D eigenvalue weighted by molar-refractivity contribution is 6.74. The van der Waals surface area contributed by atoms with Gasteiger partial charge in [-0.1, -0.05) is 27.7 Å². The fourth-order valence-corrected chi connectivity index (χ4v) is 3.26. The topological polar surface area (TPSA) is 49.6 Å². The average molecular weight is 272 g/mol. The van der Waals surface area contributed by atoms with E-state index in [2.05, 4.69) is 39.2 Å². The van der Waals surface area contributed by atoms with E-state index in [4.69, 9.17) is 9.16 Å². The molecule has 0 aromatic rings. The van der Waals surface area contributed by atoms with E-state index in [0.717, 1.165) is 0 Å². The molecular formula is C13H26NO3Si-. The number of nitrogens with zero attached hydrogens (tertiary/aromatic N) is 1. The van der Waals surface area contributed by atoms with E-state index in [9.17, 15) is 4.79 Å². The molecule has 18 heavy (non-hydrogen) atoms. The molecule has 0 radical (unpaired) electrons. The molecule has 0 bridgehead atoms. The summed E-state index contributed by atoms with van der Waals surface area (Å²) in [5.41, 5.74) is -0.720. The molecule has 0 aromatic carbocycles. The highest BCUT2D eigenvalue weighted by atomic mass is 28.4. The monoisotopic (exact) mass is 272 g/mol. The van der Waals surface area contributed by atoms with Gasteiger partial charge in [0.2, 0.25) is 0 Å². The first-order chi connectivity index (χ1) is 8.02. The van der Waals surface area contributed by atoms with Gasteiger partial charge in [-0.15, -0.1) is 6.54 Å². The SMILES string of the molecule is COC(=O)C1(C)C[C@H](O[Si](C)(C)C(C)(C)C)C[N-]1. The Bertz CT molecular complexity index is 325. The van der Waals surface area contributed by atoms with E-state index < -0.39 is 13.9 Å². The van der Waals surface area contributed by atoms with Crippen molar-refractivity contribution < 1.29 is 14.0 Å². The molecule has 1 rings (SSSR count). The molecule has 106 valence electrons. The van der Waals surface area contributed by atoms with Crippen LogP contribution in [-0.2, 0) is 14.0 Å². The third-order valence-corrected chi connectivity index (χ3v) is 8.70. The summed E-state index contributed by atoms with van der Waals surface area (Å²) in [4.78, 5) is 11.7. The van der Waals surface area contributed by atoms with E-state index >= 15 is 0 Å². The second-order valence-corrected chi connectivity index (χ2v) is 11.6. The molecule has 0 amide bonds. The van der Waals surface area contributed by atoms with Crippen LogP contribution in [0.25, 0.3) is 5.32 Å². The van der Waals surface area contributed by atoms with Crippen molar-refractivity contribution >= 4 is 14.3 Å². The van der Waals surface area contributed by atoms with Gasteiger partial charge in [0.1, 0.15) is 0 Å². The first kappa shape index (κ1) is 15.7. The van der Waals surface area contributed by atoms with Crippen molar-refractivity contribution in [1.29, 1.82) is 0 Å². The van der Waals surface area contributed by atoms with Crippen molar-refractivity contribution in [1.82, 2.24) is 0 Å². The van der Waals surface area contributed by atoms with Crippen LogP contribution in [0.4, 0.5) is 0 Å². The van der Waals surface area contributed by atoms with Gasteiger partial charge in [-0.2, -0.15) is 0 Å². The van der Waals surface area contributed by atoms with Gasteiger partial charge < -0.3 is 14.5 Å². The minimum atomic E-state index is -1.79. The van der Waals surface area contributed by atoms with Gasteiger partial charge >= 0.3 is 0 Å². The number of rotatable bonds is 3. The molecule has 0 N–H and O–H groups in total. The standard InChI is InChI=1S/C13H26NO3Si/c1-12(2,3)18(6,7)17-10-8-13(4,14-9-10)11(15)16-5/h10H,8-9H2,1-7H3/q-1/t10-,13?/m0/s1. The zero-order chi connectivity index (χ0) is 14.2. The number of carbonyl (C=O) groups is 1. The highest BCUT2D eigenvalue weighted by Crippen LogP contribution is 2.41. The largest absolute Gasteiger partial charge is 0.646 e. The Labute approximate surface area is 112 Å². The molecule has 1 unspecified atom stereocenters. The van der Waals surface area contributed by atoms with Crippen LogP contribution in [-0.4, -0.2) is 39.6 Å². The lowest BCUT2D eigenvalue weighted by molar-refractivity contribution is -0.145. The average Bonchev–Trinajstić information content (AvgIpc) is 2.58. The number of carbonyl (C=O) groups excluding carboxylic acids is 1. The molecule has 4 nitrogen and oxygen atoms in total. The number of ether oxygens (including phenoxy) is 1. The summed E-state index contributed by atoms with van der Waals surface area (Å²) >= 11 is 0. The van der Waals surface area contributed by atoms with Crippen molar-refractivity contribution in [3.05, 3.63) is 5.32 Å². The van der Waals surface area contributed by atoms with E-state index in [1.54, 1.807) is 0 Å². The van der Waals surface area contributed by atoms with Crippen molar-refractivity contribution in [3.63, 3.8) is 0 Å². The summed E-state index contributed by atoms with van der Waals surface area (Å²) in [6, 6.07) is 0. The minimum absolute atomic E-state index is 0.0509. The third-order valence-electron chi connectivity index (χ3n) is 4.16. The van der Waals surface area contributed by atoms with Crippen LogP contribution in [0.5, 0.6) is 0 Å². The molecule has 1 heterocycles. The fraction of sp³-hybridized carbons (Fsp3) is 0.923. The van der Waals surface area contributed by atoms with E-state index in [0.29, 0.717) is 13.0 Å². The minimum Gasteiger partial charge on any atom is -0.646 e. The number of hydrogen-bond donors (Lipinski definition) is 0. The Morgan fingerprint density at radius 3 is 2.39 bits per heavy atom. The first-order valence-corrected chi connectivity index (χ1v) is 9.37. The lowest BCUT2D eigenvalue weighted by Gasteiger charge is -2.39. The van der Waals surface area contributed by atoms with Crippen LogP contribution in [0.3, 0.4) is 0 Å². The van der Waals surface area contributed by atoms with Crippen LogP contribution >= 0.6 is 0 Å². The Balaban J connectivity index is 2.67. The van der Waals surface area contributed by atoms with E-state index in [1.807, 2.05) is 6.92 Å². The van der Waals surface area contributed by atoms with Crippen molar-refractivity contribution in [2.24, 2.45) is 0 Å². The lowest BCUT2D eigenvalue weighted by Crippen LogP contribution is -2.44. The quantitative estimate of drug-likeness (QED) is 0.586. The number of methoxy groups -OCH3 is 1.